The van der Waals surface area contributed by atoms with Gasteiger partial charge < -0.3 is 0 Å². The maximum atomic E-state index is 5.99. The largest absolute Gasteiger partial charge is 0.254 e. The molecule has 1 aromatic heterocycles. The third kappa shape index (κ3) is 2.86. The van der Waals surface area contributed by atoms with Crippen molar-refractivity contribution in [2.24, 2.45) is 0 Å². The van der Waals surface area contributed by atoms with Crippen LogP contribution in [0.2, 0.25) is 5.02 Å². The topological polar surface area (TPSA) is 8.81 Å². The van der Waals surface area contributed by atoms with Gasteiger partial charge in [-0.3, -0.25) is 0 Å². The van der Waals surface area contributed by atoms with Gasteiger partial charge in [0.1, 0.15) is 17.6 Å². The molecule has 0 N–H and O–H groups in total. The first-order chi connectivity index (χ1) is 10.1. The monoisotopic (exact) mass is 297 g/mol. The van der Waals surface area contributed by atoms with Gasteiger partial charge in [-0.25, -0.2) is 4.57 Å². The van der Waals surface area contributed by atoms with E-state index in [1.54, 1.807) is 0 Å². The molecule has 3 rings (SSSR count). The van der Waals surface area contributed by atoms with Crippen LogP contribution in [0.1, 0.15) is 25.5 Å². The summed E-state index contributed by atoms with van der Waals surface area (Å²) >= 11 is 5.99. The zero-order valence-corrected chi connectivity index (χ0v) is 13.0. The lowest BCUT2D eigenvalue weighted by molar-refractivity contribution is -0.595. The van der Waals surface area contributed by atoms with E-state index in [1.165, 1.54) is 5.69 Å². The fraction of sp³-hybridized carbons (Fsp3) is 0.167. The molecule has 106 valence electrons. The Hall–Kier alpha value is -2.06. The summed E-state index contributed by atoms with van der Waals surface area (Å²) in [5.74, 6) is 0.436. The molecule has 0 amide bonds. The van der Waals surface area contributed by atoms with Crippen molar-refractivity contribution >= 4 is 11.6 Å². The molecule has 0 radical (unpaired) electrons. The summed E-state index contributed by atoms with van der Waals surface area (Å²) in [7, 11) is 0. The molecule has 3 heteroatoms. The van der Waals surface area contributed by atoms with Gasteiger partial charge in [0.2, 0.25) is 0 Å². The van der Waals surface area contributed by atoms with Gasteiger partial charge in [-0.05, 0) is 36.4 Å². The highest BCUT2D eigenvalue weighted by atomic mass is 35.5. The average molecular weight is 298 g/mol. The van der Waals surface area contributed by atoms with Crippen molar-refractivity contribution in [2.75, 3.05) is 0 Å². The minimum Gasteiger partial charge on any atom is -0.202 e. The Morgan fingerprint density at radius 2 is 1.62 bits per heavy atom. The molecular weight excluding hydrogens is 280 g/mol. The molecule has 2 nitrogen and oxygen atoms in total. The van der Waals surface area contributed by atoms with Crippen molar-refractivity contribution in [3.05, 3.63) is 77.8 Å². The van der Waals surface area contributed by atoms with Gasteiger partial charge in [-0.2, -0.15) is 4.57 Å². The lowest BCUT2D eigenvalue weighted by Gasteiger charge is -2.03. The SMILES string of the molecule is CC(C)c1c[n+](-c2ccccc2)cn1-c1ccc(Cl)cc1. The highest BCUT2D eigenvalue weighted by Crippen LogP contribution is 2.20. The number of aromatic nitrogens is 2. The van der Waals surface area contributed by atoms with E-state index in [4.69, 9.17) is 11.6 Å². The van der Waals surface area contributed by atoms with Crippen LogP contribution in [0.4, 0.5) is 0 Å². The Morgan fingerprint density at radius 3 is 2.24 bits per heavy atom. The number of rotatable bonds is 3. The van der Waals surface area contributed by atoms with Crippen molar-refractivity contribution in [2.45, 2.75) is 19.8 Å². The van der Waals surface area contributed by atoms with Crippen LogP contribution < -0.4 is 4.57 Å². The maximum absolute atomic E-state index is 5.99. The lowest BCUT2D eigenvalue weighted by atomic mass is 10.1. The second-order valence-electron chi connectivity index (χ2n) is 5.41. The first kappa shape index (κ1) is 13.9. The summed E-state index contributed by atoms with van der Waals surface area (Å²) in [5, 5.41) is 0.757. The van der Waals surface area contributed by atoms with E-state index < -0.39 is 0 Å². The van der Waals surface area contributed by atoms with Crippen LogP contribution in [-0.4, -0.2) is 4.57 Å². The molecule has 1 heterocycles. The summed E-state index contributed by atoms with van der Waals surface area (Å²) in [6.45, 7) is 4.41. The van der Waals surface area contributed by atoms with Crippen molar-refractivity contribution in [1.29, 1.82) is 0 Å². The van der Waals surface area contributed by atoms with Crippen LogP contribution >= 0.6 is 11.6 Å². The van der Waals surface area contributed by atoms with Gasteiger partial charge in [0, 0.05) is 10.9 Å². The van der Waals surface area contributed by atoms with Crippen molar-refractivity contribution in [1.82, 2.24) is 4.57 Å². The predicted octanol–water partition coefficient (Wildman–Crippen LogP) is 4.53. The summed E-state index contributed by atoms with van der Waals surface area (Å²) in [6.07, 6.45) is 4.31. The smallest absolute Gasteiger partial charge is 0.202 e. The highest BCUT2D eigenvalue weighted by molar-refractivity contribution is 6.30. The fourth-order valence-corrected chi connectivity index (χ4v) is 2.54. The van der Waals surface area contributed by atoms with E-state index >= 15 is 0 Å². The second-order valence-corrected chi connectivity index (χ2v) is 5.85. The molecule has 0 bridgehead atoms. The quantitative estimate of drug-likeness (QED) is 0.628. The molecule has 0 aliphatic rings. The first-order valence-electron chi connectivity index (χ1n) is 7.10. The summed E-state index contributed by atoms with van der Waals surface area (Å²) in [6, 6.07) is 18.3. The normalized spacial score (nSPS) is 11.0. The molecule has 0 saturated heterocycles. The number of imidazole rings is 1. The molecule has 3 aromatic rings. The second kappa shape index (κ2) is 5.74. The summed E-state index contributed by atoms with van der Waals surface area (Å²) in [4.78, 5) is 0. The number of hydrogen-bond donors (Lipinski definition) is 0. The highest BCUT2D eigenvalue weighted by Gasteiger charge is 2.19. The van der Waals surface area contributed by atoms with E-state index in [1.807, 2.05) is 30.3 Å². The Kier molecular flexibility index (Phi) is 3.80. The van der Waals surface area contributed by atoms with Crippen molar-refractivity contribution < 1.29 is 4.57 Å². The third-order valence-electron chi connectivity index (χ3n) is 3.54. The van der Waals surface area contributed by atoms with Gasteiger partial charge in [0.05, 0.1) is 0 Å². The zero-order valence-electron chi connectivity index (χ0n) is 12.2. The molecule has 2 aromatic carbocycles. The standard InChI is InChI=1S/C18H18ClN2/c1-14(2)18-12-20(16-6-4-3-5-7-16)13-21(18)17-10-8-15(19)9-11-17/h3-14H,1-2H3/q+1. The first-order valence-corrected chi connectivity index (χ1v) is 7.48. The average Bonchev–Trinajstić information content (AvgIpc) is 2.94. The molecule has 0 atom stereocenters. The summed E-state index contributed by atoms with van der Waals surface area (Å²) in [5.41, 5.74) is 3.55. The molecule has 0 spiro atoms. The van der Waals surface area contributed by atoms with Gasteiger partial charge in [-0.15, -0.1) is 0 Å². The lowest BCUT2D eigenvalue weighted by Crippen LogP contribution is -2.27. The Balaban J connectivity index is 2.11. The van der Waals surface area contributed by atoms with Crippen LogP contribution in [-0.2, 0) is 0 Å². The van der Waals surface area contributed by atoms with Crippen LogP contribution in [0, 0.1) is 0 Å². The maximum Gasteiger partial charge on any atom is 0.254 e. The van der Waals surface area contributed by atoms with Crippen LogP contribution in [0.5, 0.6) is 0 Å². The Labute approximate surface area is 130 Å². The third-order valence-corrected chi connectivity index (χ3v) is 3.79. The van der Waals surface area contributed by atoms with E-state index in [0.717, 1.165) is 16.4 Å². The van der Waals surface area contributed by atoms with Gasteiger partial charge >= 0.3 is 0 Å². The Bertz CT molecular complexity index is 728. The van der Waals surface area contributed by atoms with Gasteiger partial charge in [-0.1, -0.05) is 43.6 Å². The van der Waals surface area contributed by atoms with Crippen molar-refractivity contribution in [3.63, 3.8) is 0 Å². The molecule has 0 aliphatic carbocycles. The van der Waals surface area contributed by atoms with E-state index in [0.29, 0.717) is 5.92 Å². The summed E-state index contributed by atoms with van der Waals surface area (Å²) < 4.78 is 4.37. The number of para-hydroxylation sites is 1. The molecule has 21 heavy (non-hydrogen) atoms. The van der Waals surface area contributed by atoms with Crippen molar-refractivity contribution in [3.8, 4) is 11.4 Å². The minimum atomic E-state index is 0.436. The fourth-order valence-electron chi connectivity index (χ4n) is 2.42. The number of hydrogen-bond acceptors (Lipinski definition) is 0. The van der Waals surface area contributed by atoms with E-state index in [9.17, 15) is 0 Å². The number of halogens is 1. The van der Waals surface area contributed by atoms with Crippen LogP contribution in [0.15, 0.2) is 67.1 Å². The van der Waals surface area contributed by atoms with Gasteiger partial charge in [0.15, 0.2) is 5.69 Å². The Morgan fingerprint density at radius 1 is 0.952 bits per heavy atom. The van der Waals surface area contributed by atoms with Gasteiger partial charge in [0.25, 0.3) is 6.33 Å². The van der Waals surface area contributed by atoms with E-state index in [2.05, 4.69) is 59.8 Å². The zero-order chi connectivity index (χ0) is 14.8. The van der Waals surface area contributed by atoms with E-state index in [-0.39, 0.29) is 0 Å². The van der Waals surface area contributed by atoms with Crippen LogP contribution in [0.25, 0.3) is 11.4 Å². The number of nitrogens with zero attached hydrogens (tertiary/aromatic N) is 2. The van der Waals surface area contributed by atoms with Crippen LogP contribution in [0.3, 0.4) is 0 Å². The molecule has 0 unspecified atom stereocenters. The molecular formula is C18H18ClN2+. The predicted molar refractivity (Wildman–Crippen MR) is 86.4 cm³/mol. The molecule has 0 fully saturated rings. The molecule has 0 saturated carbocycles. The number of benzene rings is 2. The molecule has 0 aliphatic heterocycles. The minimum absolute atomic E-state index is 0.436.